The zero-order valence-electron chi connectivity index (χ0n) is 11.7. The van der Waals surface area contributed by atoms with Gasteiger partial charge in [0.1, 0.15) is 11.6 Å². The van der Waals surface area contributed by atoms with Gasteiger partial charge in [-0.15, -0.1) is 0 Å². The van der Waals surface area contributed by atoms with Gasteiger partial charge in [-0.1, -0.05) is 38.3 Å². The molecule has 0 saturated heterocycles. The Morgan fingerprint density at radius 1 is 1.21 bits per heavy atom. The highest BCUT2D eigenvalue weighted by molar-refractivity contribution is 6.32. The van der Waals surface area contributed by atoms with Crippen molar-refractivity contribution in [3.8, 4) is 5.75 Å². The molecule has 0 aromatic heterocycles. The van der Waals surface area contributed by atoms with Crippen LogP contribution in [-0.4, -0.2) is 19.2 Å². The van der Waals surface area contributed by atoms with Gasteiger partial charge >= 0.3 is 0 Å². The molecule has 0 radical (unpaired) electrons. The lowest BCUT2D eigenvalue weighted by Gasteiger charge is -2.09. The molecule has 108 valence electrons. The highest BCUT2D eigenvalue weighted by atomic mass is 35.5. The molecule has 0 atom stereocenters. The molecular formula is C15H23ClFNO. The number of hydrogen-bond acceptors (Lipinski definition) is 2. The highest BCUT2D eigenvalue weighted by Gasteiger charge is 2.02. The molecule has 0 unspecified atom stereocenters. The third-order valence-corrected chi connectivity index (χ3v) is 3.07. The van der Waals surface area contributed by atoms with Gasteiger partial charge in [-0.3, -0.25) is 0 Å². The minimum absolute atomic E-state index is 0.334. The Labute approximate surface area is 120 Å². The van der Waals surface area contributed by atoms with E-state index < -0.39 is 0 Å². The Hall–Kier alpha value is -0.800. The van der Waals surface area contributed by atoms with Gasteiger partial charge in [0.05, 0.1) is 11.6 Å². The van der Waals surface area contributed by atoms with Gasteiger partial charge in [-0.25, -0.2) is 4.39 Å². The second kappa shape index (κ2) is 9.16. The Morgan fingerprint density at radius 2 is 1.95 bits per heavy atom. The summed E-state index contributed by atoms with van der Waals surface area (Å²) in [7, 11) is 0. The fourth-order valence-electron chi connectivity index (χ4n) is 1.75. The monoisotopic (exact) mass is 287 g/mol. The van der Waals surface area contributed by atoms with Gasteiger partial charge in [-0.2, -0.15) is 0 Å². The molecule has 19 heavy (non-hydrogen) atoms. The number of unbranched alkanes of at least 4 members (excludes halogenated alkanes) is 3. The quantitative estimate of drug-likeness (QED) is 0.679. The molecule has 0 spiro atoms. The molecule has 2 nitrogen and oxygen atoms in total. The van der Waals surface area contributed by atoms with E-state index >= 15 is 0 Å². The van der Waals surface area contributed by atoms with Crippen molar-refractivity contribution in [3.63, 3.8) is 0 Å². The van der Waals surface area contributed by atoms with Crippen LogP contribution in [0.1, 0.15) is 39.5 Å². The Balaban J connectivity index is 2.04. The molecule has 0 amide bonds. The second-order valence-electron chi connectivity index (χ2n) is 4.95. The van der Waals surface area contributed by atoms with Gasteiger partial charge in [0.25, 0.3) is 0 Å². The van der Waals surface area contributed by atoms with Crippen molar-refractivity contribution in [2.24, 2.45) is 0 Å². The topological polar surface area (TPSA) is 21.3 Å². The molecule has 4 heteroatoms. The number of nitrogens with one attached hydrogen (secondary N) is 1. The number of halogens is 2. The lowest BCUT2D eigenvalue weighted by atomic mass is 10.2. The van der Waals surface area contributed by atoms with E-state index in [1.165, 1.54) is 25.0 Å². The zero-order valence-corrected chi connectivity index (χ0v) is 12.5. The summed E-state index contributed by atoms with van der Waals surface area (Å²) in [6.45, 7) is 6.01. The van der Waals surface area contributed by atoms with E-state index in [0.717, 1.165) is 19.4 Å². The minimum Gasteiger partial charge on any atom is -0.492 e. The molecule has 0 heterocycles. The number of rotatable bonds is 9. The van der Waals surface area contributed by atoms with Crippen molar-refractivity contribution in [1.29, 1.82) is 0 Å². The fourth-order valence-corrected chi connectivity index (χ4v) is 1.97. The summed E-state index contributed by atoms with van der Waals surface area (Å²) >= 11 is 5.87. The maximum atomic E-state index is 12.8. The van der Waals surface area contributed by atoms with E-state index in [4.69, 9.17) is 16.3 Å². The smallest absolute Gasteiger partial charge is 0.138 e. The Bertz CT molecular complexity index is 371. The fraction of sp³-hybridized carbons (Fsp3) is 0.600. The molecule has 1 N–H and O–H groups in total. The SMILES string of the molecule is CC(C)NCCCCCCOc1ccc(F)cc1Cl. The zero-order chi connectivity index (χ0) is 14.1. The van der Waals surface area contributed by atoms with Crippen molar-refractivity contribution < 1.29 is 9.13 Å². The van der Waals surface area contributed by atoms with Gasteiger partial charge in [0.15, 0.2) is 0 Å². The number of hydrogen-bond donors (Lipinski definition) is 1. The van der Waals surface area contributed by atoms with E-state index in [2.05, 4.69) is 19.2 Å². The van der Waals surface area contributed by atoms with Gasteiger partial charge in [0, 0.05) is 6.04 Å². The van der Waals surface area contributed by atoms with Crippen molar-refractivity contribution in [2.45, 2.75) is 45.6 Å². The molecule has 0 aliphatic carbocycles. The van der Waals surface area contributed by atoms with Gasteiger partial charge in [-0.05, 0) is 37.6 Å². The normalized spacial score (nSPS) is 11.0. The van der Waals surface area contributed by atoms with Crippen molar-refractivity contribution in [2.75, 3.05) is 13.2 Å². The maximum absolute atomic E-state index is 12.8. The molecule has 0 fully saturated rings. The first-order chi connectivity index (χ1) is 9.09. The summed E-state index contributed by atoms with van der Waals surface area (Å²) in [6.07, 6.45) is 4.52. The summed E-state index contributed by atoms with van der Waals surface area (Å²) in [5.74, 6) is 0.222. The van der Waals surface area contributed by atoms with Crippen LogP contribution < -0.4 is 10.1 Å². The molecule has 0 bridgehead atoms. The summed E-state index contributed by atoms with van der Waals surface area (Å²) in [6, 6.07) is 4.77. The largest absolute Gasteiger partial charge is 0.492 e. The average Bonchev–Trinajstić information content (AvgIpc) is 2.34. The predicted molar refractivity (Wildman–Crippen MR) is 78.5 cm³/mol. The first kappa shape index (κ1) is 16.3. The standard InChI is InChI=1S/C15H23ClFNO/c1-12(2)18-9-5-3-4-6-10-19-15-8-7-13(17)11-14(15)16/h7-8,11-12,18H,3-6,9-10H2,1-2H3. The summed E-state index contributed by atoms with van der Waals surface area (Å²) in [5, 5.41) is 3.73. The molecule has 0 aliphatic heterocycles. The average molecular weight is 288 g/mol. The van der Waals surface area contributed by atoms with Crippen LogP contribution in [0.5, 0.6) is 5.75 Å². The molecular weight excluding hydrogens is 265 g/mol. The van der Waals surface area contributed by atoms with Crippen LogP contribution in [0.15, 0.2) is 18.2 Å². The van der Waals surface area contributed by atoms with Crippen LogP contribution in [0.2, 0.25) is 5.02 Å². The lowest BCUT2D eigenvalue weighted by Crippen LogP contribution is -2.23. The molecule has 1 aromatic rings. The summed E-state index contributed by atoms with van der Waals surface area (Å²) in [5.41, 5.74) is 0. The van der Waals surface area contributed by atoms with E-state index in [-0.39, 0.29) is 5.82 Å². The molecule has 0 saturated carbocycles. The number of ether oxygens (including phenoxy) is 1. The third-order valence-electron chi connectivity index (χ3n) is 2.78. The third kappa shape index (κ3) is 7.38. The summed E-state index contributed by atoms with van der Waals surface area (Å²) < 4.78 is 18.3. The van der Waals surface area contributed by atoms with E-state index in [0.29, 0.717) is 23.4 Å². The van der Waals surface area contributed by atoms with Crippen LogP contribution in [0.3, 0.4) is 0 Å². The van der Waals surface area contributed by atoms with E-state index in [1.807, 2.05) is 0 Å². The summed E-state index contributed by atoms with van der Waals surface area (Å²) in [4.78, 5) is 0. The first-order valence-corrected chi connectivity index (χ1v) is 7.28. The molecule has 0 aliphatic rings. The van der Waals surface area contributed by atoms with Crippen LogP contribution in [0.4, 0.5) is 4.39 Å². The van der Waals surface area contributed by atoms with Crippen molar-refractivity contribution >= 4 is 11.6 Å². The maximum Gasteiger partial charge on any atom is 0.138 e. The van der Waals surface area contributed by atoms with Crippen LogP contribution >= 0.6 is 11.6 Å². The van der Waals surface area contributed by atoms with Crippen molar-refractivity contribution in [3.05, 3.63) is 29.0 Å². The van der Waals surface area contributed by atoms with Crippen LogP contribution in [-0.2, 0) is 0 Å². The van der Waals surface area contributed by atoms with Gasteiger partial charge in [0.2, 0.25) is 0 Å². The lowest BCUT2D eigenvalue weighted by molar-refractivity contribution is 0.304. The van der Waals surface area contributed by atoms with Crippen LogP contribution in [0.25, 0.3) is 0 Å². The Morgan fingerprint density at radius 3 is 2.63 bits per heavy atom. The van der Waals surface area contributed by atoms with E-state index in [9.17, 15) is 4.39 Å². The molecule has 1 aromatic carbocycles. The van der Waals surface area contributed by atoms with Crippen LogP contribution in [0, 0.1) is 5.82 Å². The number of benzene rings is 1. The van der Waals surface area contributed by atoms with Gasteiger partial charge < -0.3 is 10.1 Å². The van der Waals surface area contributed by atoms with E-state index in [1.54, 1.807) is 6.07 Å². The predicted octanol–water partition coefficient (Wildman–Crippen LogP) is 4.42. The second-order valence-corrected chi connectivity index (χ2v) is 5.35. The Kier molecular flexibility index (Phi) is 7.84. The highest BCUT2D eigenvalue weighted by Crippen LogP contribution is 2.24. The minimum atomic E-state index is -0.338. The first-order valence-electron chi connectivity index (χ1n) is 6.91. The van der Waals surface area contributed by atoms with Crippen molar-refractivity contribution in [1.82, 2.24) is 5.32 Å². The molecule has 1 rings (SSSR count).